The van der Waals surface area contributed by atoms with Gasteiger partial charge in [0.05, 0.1) is 0 Å². The normalized spacial score (nSPS) is 22.0. The SMILES string of the molecule is CC(C)CC=C1CCC(=CCC(C)C)C1=O. The number of ketones is 1. The minimum Gasteiger partial charge on any atom is -0.289 e. The van der Waals surface area contributed by atoms with Crippen molar-refractivity contribution in [1.82, 2.24) is 0 Å². The summed E-state index contributed by atoms with van der Waals surface area (Å²) in [4.78, 5) is 12.0. The topological polar surface area (TPSA) is 17.1 Å². The van der Waals surface area contributed by atoms with E-state index in [-0.39, 0.29) is 0 Å². The van der Waals surface area contributed by atoms with E-state index in [1.807, 2.05) is 0 Å². The van der Waals surface area contributed by atoms with Gasteiger partial charge in [-0.25, -0.2) is 0 Å². The summed E-state index contributed by atoms with van der Waals surface area (Å²) in [5.41, 5.74) is 2.09. The number of rotatable bonds is 4. The molecule has 1 heteroatoms. The molecule has 0 radical (unpaired) electrons. The molecule has 0 bridgehead atoms. The van der Waals surface area contributed by atoms with E-state index in [2.05, 4.69) is 39.8 Å². The van der Waals surface area contributed by atoms with E-state index in [0.717, 1.165) is 36.8 Å². The second-order valence-corrected chi connectivity index (χ2v) is 5.55. The third kappa shape index (κ3) is 3.96. The van der Waals surface area contributed by atoms with Crippen LogP contribution in [0.25, 0.3) is 0 Å². The Hall–Kier alpha value is -0.850. The summed E-state index contributed by atoms with van der Waals surface area (Å²) in [5.74, 6) is 1.59. The maximum atomic E-state index is 12.0. The van der Waals surface area contributed by atoms with Crippen LogP contribution in [0.4, 0.5) is 0 Å². The van der Waals surface area contributed by atoms with Crippen LogP contribution in [0.5, 0.6) is 0 Å². The molecule has 0 heterocycles. The summed E-state index contributed by atoms with van der Waals surface area (Å²) >= 11 is 0. The fourth-order valence-corrected chi connectivity index (χ4v) is 1.85. The fraction of sp³-hybridized carbons (Fsp3) is 0.667. The van der Waals surface area contributed by atoms with Gasteiger partial charge in [-0.05, 0) is 48.7 Å². The van der Waals surface area contributed by atoms with Crippen molar-refractivity contribution in [3.63, 3.8) is 0 Å². The first-order valence-electron chi connectivity index (χ1n) is 6.43. The zero-order valence-electron chi connectivity index (χ0n) is 11.0. The molecule has 0 spiro atoms. The van der Waals surface area contributed by atoms with Crippen molar-refractivity contribution in [3.05, 3.63) is 23.3 Å². The second kappa shape index (κ2) is 6.03. The van der Waals surface area contributed by atoms with Gasteiger partial charge in [0.2, 0.25) is 0 Å². The number of carbonyl (C=O) groups excluding carboxylic acids is 1. The molecule has 1 saturated carbocycles. The van der Waals surface area contributed by atoms with Crippen molar-refractivity contribution in [2.45, 2.75) is 53.4 Å². The second-order valence-electron chi connectivity index (χ2n) is 5.55. The molecule has 0 unspecified atom stereocenters. The first-order valence-corrected chi connectivity index (χ1v) is 6.43. The fourth-order valence-electron chi connectivity index (χ4n) is 1.85. The van der Waals surface area contributed by atoms with Crippen LogP contribution < -0.4 is 0 Å². The standard InChI is InChI=1S/C15H24O/c1-11(2)5-7-13-9-10-14(15(13)16)8-6-12(3)4/h7-8,11-12H,5-6,9-10H2,1-4H3. The average molecular weight is 220 g/mol. The Morgan fingerprint density at radius 3 is 1.62 bits per heavy atom. The Balaban J connectivity index is 2.60. The van der Waals surface area contributed by atoms with Crippen LogP contribution in [0.3, 0.4) is 0 Å². The van der Waals surface area contributed by atoms with Crippen molar-refractivity contribution >= 4 is 5.78 Å². The first kappa shape index (κ1) is 13.2. The highest BCUT2D eigenvalue weighted by molar-refractivity contribution is 6.10. The molecule has 0 saturated heterocycles. The highest BCUT2D eigenvalue weighted by Gasteiger charge is 2.22. The summed E-state index contributed by atoms with van der Waals surface area (Å²) in [6.07, 6.45) is 8.24. The molecular formula is C15H24O. The van der Waals surface area contributed by atoms with Crippen molar-refractivity contribution in [2.24, 2.45) is 11.8 Å². The lowest BCUT2D eigenvalue weighted by molar-refractivity contribution is -0.111. The molecule has 1 rings (SSSR count). The van der Waals surface area contributed by atoms with Gasteiger partial charge in [-0.15, -0.1) is 0 Å². The third-order valence-corrected chi connectivity index (χ3v) is 2.92. The maximum absolute atomic E-state index is 12.0. The first-order chi connectivity index (χ1) is 7.50. The average Bonchev–Trinajstić information content (AvgIpc) is 2.53. The zero-order valence-corrected chi connectivity index (χ0v) is 11.0. The molecule has 1 aliphatic carbocycles. The Labute approximate surface area is 99.6 Å². The molecule has 1 nitrogen and oxygen atoms in total. The van der Waals surface area contributed by atoms with E-state index in [9.17, 15) is 4.79 Å². The third-order valence-electron chi connectivity index (χ3n) is 2.92. The molecule has 0 amide bonds. The van der Waals surface area contributed by atoms with Crippen molar-refractivity contribution in [3.8, 4) is 0 Å². The van der Waals surface area contributed by atoms with E-state index in [1.54, 1.807) is 0 Å². The van der Waals surface area contributed by atoms with Gasteiger partial charge in [0.15, 0.2) is 5.78 Å². The molecule has 0 aromatic heterocycles. The van der Waals surface area contributed by atoms with Crippen molar-refractivity contribution in [1.29, 1.82) is 0 Å². The van der Waals surface area contributed by atoms with Crippen LogP contribution in [0, 0.1) is 11.8 Å². The maximum Gasteiger partial charge on any atom is 0.184 e. The summed E-state index contributed by atoms with van der Waals surface area (Å²) in [5, 5.41) is 0. The van der Waals surface area contributed by atoms with E-state index < -0.39 is 0 Å². The Morgan fingerprint density at radius 1 is 0.938 bits per heavy atom. The minimum atomic E-state index is 0.307. The number of Topliss-reactive ketones (excluding diaryl/α,β-unsaturated/α-hetero) is 1. The van der Waals surface area contributed by atoms with E-state index in [0.29, 0.717) is 17.6 Å². The molecular weight excluding hydrogens is 196 g/mol. The van der Waals surface area contributed by atoms with Crippen LogP contribution in [-0.4, -0.2) is 5.78 Å². The number of hydrogen-bond donors (Lipinski definition) is 0. The number of hydrogen-bond acceptors (Lipinski definition) is 1. The Kier molecular flexibility index (Phi) is 4.98. The zero-order chi connectivity index (χ0) is 12.1. The minimum absolute atomic E-state index is 0.307. The molecule has 90 valence electrons. The Bertz CT molecular complexity index is 275. The predicted molar refractivity (Wildman–Crippen MR) is 69.3 cm³/mol. The van der Waals surface area contributed by atoms with Gasteiger partial charge in [0.25, 0.3) is 0 Å². The van der Waals surface area contributed by atoms with Crippen LogP contribution in [0.1, 0.15) is 53.4 Å². The molecule has 0 aliphatic heterocycles. The summed E-state index contributed by atoms with van der Waals surface area (Å²) in [6, 6.07) is 0. The molecule has 0 N–H and O–H groups in total. The van der Waals surface area contributed by atoms with Gasteiger partial charge in [-0.3, -0.25) is 4.79 Å². The number of allylic oxidation sites excluding steroid dienone is 4. The molecule has 0 atom stereocenters. The largest absolute Gasteiger partial charge is 0.289 e. The molecule has 0 aromatic carbocycles. The lowest BCUT2D eigenvalue weighted by Gasteiger charge is -2.00. The highest BCUT2D eigenvalue weighted by atomic mass is 16.1. The van der Waals surface area contributed by atoms with Crippen LogP contribution in [0.15, 0.2) is 23.3 Å². The summed E-state index contributed by atoms with van der Waals surface area (Å²) < 4.78 is 0. The molecule has 1 aliphatic rings. The molecule has 16 heavy (non-hydrogen) atoms. The number of carbonyl (C=O) groups is 1. The van der Waals surface area contributed by atoms with Gasteiger partial charge in [0.1, 0.15) is 0 Å². The van der Waals surface area contributed by atoms with Crippen LogP contribution in [-0.2, 0) is 4.79 Å². The van der Waals surface area contributed by atoms with Gasteiger partial charge in [0, 0.05) is 0 Å². The van der Waals surface area contributed by atoms with E-state index >= 15 is 0 Å². The quantitative estimate of drug-likeness (QED) is 0.646. The van der Waals surface area contributed by atoms with Gasteiger partial charge >= 0.3 is 0 Å². The van der Waals surface area contributed by atoms with Gasteiger partial charge in [-0.1, -0.05) is 39.8 Å². The predicted octanol–water partition coefficient (Wildman–Crippen LogP) is 4.29. The van der Waals surface area contributed by atoms with Gasteiger partial charge < -0.3 is 0 Å². The summed E-state index contributed by atoms with van der Waals surface area (Å²) in [6.45, 7) is 8.75. The van der Waals surface area contributed by atoms with E-state index in [1.165, 1.54) is 0 Å². The van der Waals surface area contributed by atoms with Crippen molar-refractivity contribution in [2.75, 3.05) is 0 Å². The Morgan fingerprint density at radius 2 is 1.31 bits per heavy atom. The highest BCUT2D eigenvalue weighted by Crippen LogP contribution is 2.27. The van der Waals surface area contributed by atoms with Crippen LogP contribution >= 0.6 is 0 Å². The summed E-state index contributed by atoms with van der Waals surface area (Å²) in [7, 11) is 0. The monoisotopic (exact) mass is 220 g/mol. The smallest absolute Gasteiger partial charge is 0.184 e. The van der Waals surface area contributed by atoms with E-state index in [4.69, 9.17) is 0 Å². The molecule has 1 fully saturated rings. The van der Waals surface area contributed by atoms with Crippen molar-refractivity contribution < 1.29 is 4.79 Å². The molecule has 0 aromatic rings. The van der Waals surface area contributed by atoms with Gasteiger partial charge in [-0.2, -0.15) is 0 Å². The van der Waals surface area contributed by atoms with Crippen LogP contribution in [0.2, 0.25) is 0 Å². The lowest BCUT2D eigenvalue weighted by atomic mass is 10.0. The lowest BCUT2D eigenvalue weighted by Crippen LogP contribution is -1.97.